The Kier molecular flexibility index (Phi) is 7.56. The Balaban J connectivity index is 1.82. The van der Waals surface area contributed by atoms with Gasteiger partial charge in [-0.25, -0.2) is 4.98 Å². The van der Waals surface area contributed by atoms with Crippen molar-refractivity contribution in [1.29, 1.82) is 0 Å². The van der Waals surface area contributed by atoms with Gasteiger partial charge < -0.3 is 4.90 Å². The average molecular weight is 466 g/mol. The SMILES string of the molecule is CCCCN(C(=O)/C=C/c1ccccc1)C(C)c1nc2ccccc2c(=O)n1-c1cccc(C)c1. The molecule has 5 nitrogen and oxygen atoms in total. The fourth-order valence-electron chi connectivity index (χ4n) is 4.24. The maximum Gasteiger partial charge on any atom is 0.266 e. The summed E-state index contributed by atoms with van der Waals surface area (Å²) in [6.45, 7) is 6.63. The number of amides is 1. The van der Waals surface area contributed by atoms with Crippen molar-refractivity contribution in [3.05, 3.63) is 112 Å². The third kappa shape index (κ3) is 5.40. The molecule has 1 atom stereocenters. The van der Waals surface area contributed by atoms with Gasteiger partial charge >= 0.3 is 0 Å². The summed E-state index contributed by atoms with van der Waals surface area (Å²) in [5.41, 5.74) is 3.25. The molecular formula is C30H31N3O2. The molecule has 0 radical (unpaired) electrons. The summed E-state index contributed by atoms with van der Waals surface area (Å²) in [6, 6.07) is 24.5. The summed E-state index contributed by atoms with van der Waals surface area (Å²) in [5.74, 6) is 0.449. The van der Waals surface area contributed by atoms with Gasteiger partial charge in [0, 0.05) is 12.6 Å². The van der Waals surface area contributed by atoms with Gasteiger partial charge in [-0.05, 0) is 61.7 Å². The lowest BCUT2D eigenvalue weighted by Crippen LogP contribution is -2.37. The summed E-state index contributed by atoms with van der Waals surface area (Å²) >= 11 is 0. The van der Waals surface area contributed by atoms with Crippen LogP contribution in [0.15, 0.2) is 89.7 Å². The van der Waals surface area contributed by atoms with Crippen LogP contribution >= 0.6 is 0 Å². The van der Waals surface area contributed by atoms with Crippen molar-refractivity contribution in [2.45, 2.75) is 39.7 Å². The van der Waals surface area contributed by atoms with E-state index in [1.807, 2.05) is 97.6 Å². The number of para-hydroxylation sites is 1. The van der Waals surface area contributed by atoms with E-state index in [2.05, 4.69) is 6.92 Å². The summed E-state index contributed by atoms with van der Waals surface area (Å²) in [6.07, 6.45) is 5.25. The molecule has 1 aromatic heterocycles. The quantitative estimate of drug-likeness (QED) is 0.296. The molecule has 0 saturated heterocycles. The predicted molar refractivity (Wildman–Crippen MR) is 143 cm³/mol. The van der Waals surface area contributed by atoms with Crippen LogP contribution in [0.2, 0.25) is 0 Å². The van der Waals surface area contributed by atoms with E-state index in [9.17, 15) is 9.59 Å². The topological polar surface area (TPSA) is 55.2 Å². The molecule has 0 bridgehead atoms. The van der Waals surface area contributed by atoms with Gasteiger partial charge in [-0.2, -0.15) is 0 Å². The fraction of sp³-hybridized carbons (Fsp3) is 0.233. The van der Waals surface area contributed by atoms with Crippen molar-refractivity contribution in [3.63, 3.8) is 0 Å². The van der Waals surface area contributed by atoms with Gasteiger partial charge in [-0.15, -0.1) is 0 Å². The highest BCUT2D eigenvalue weighted by Crippen LogP contribution is 2.24. The van der Waals surface area contributed by atoms with Crippen LogP contribution in [0.4, 0.5) is 0 Å². The molecule has 35 heavy (non-hydrogen) atoms. The molecule has 0 aliphatic rings. The van der Waals surface area contributed by atoms with Crippen LogP contribution in [0.5, 0.6) is 0 Å². The number of hydrogen-bond donors (Lipinski definition) is 0. The maximum absolute atomic E-state index is 13.7. The Morgan fingerprint density at radius 2 is 1.77 bits per heavy atom. The minimum Gasteiger partial charge on any atom is -0.329 e. The molecule has 1 amide bonds. The van der Waals surface area contributed by atoms with Gasteiger partial charge in [0.25, 0.3) is 5.56 Å². The fourth-order valence-corrected chi connectivity index (χ4v) is 4.24. The first-order valence-corrected chi connectivity index (χ1v) is 12.1. The van der Waals surface area contributed by atoms with Gasteiger partial charge in [-0.3, -0.25) is 14.2 Å². The molecule has 4 rings (SSSR count). The number of benzene rings is 3. The molecule has 0 aliphatic heterocycles. The largest absolute Gasteiger partial charge is 0.329 e. The average Bonchev–Trinajstić information content (AvgIpc) is 2.88. The lowest BCUT2D eigenvalue weighted by molar-refractivity contribution is -0.128. The molecule has 178 valence electrons. The third-order valence-electron chi connectivity index (χ3n) is 6.16. The van der Waals surface area contributed by atoms with Gasteiger partial charge in [-0.1, -0.05) is 67.9 Å². The first kappa shape index (κ1) is 24.1. The van der Waals surface area contributed by atoms with E-state index < -0.39 is 6.04 Å². The number of carbonyl (C=O) groups excluding carboxylic acids is 1. The van der Waals surface area contributed by atoms with E-state index in [1.54, 1.807) is 16.7 Å². The highest BCUT2D eigenvalue weighted by atomic mass is 16.2. The van der Waals surface area contributed by atoms with Crippen molar-refractivity contribution >= 4 is 22.9 Å². The molecule has 0 aliphatic carbocycles. The van der Waals surface area contributed by atoms with Gasteiger partial charge in [0.1, 0.15) is 5.82 Å². The lowest BCUT2D eigenvalue weighted by atomic mass is 10.1. The normalized spacial score (nSPS) is 12.2. The van der Waals surface area contributed by atoms with Crippen molar-refractivity contribution in [1.82, 2.24) is 14.5 Å². The van der Waals surface area contributed by atoms with E-state index >= 15 is 0 Å². The first-order chi connectivity index (χ1) is 17.0. The van der Waals surface area contributed by atoms with E-state index in [4.69, 9.17) is 4.98 Å². The highest BCUT2D eigenvalue weighted by Gasteiger charge is 2.25. The Bertz CT molecular complexity index is 1410. The summed E-state index contributed by atoms with van der Waals surface area (Å²) in [5, 5.41) is 0.556. The number of aromatic nitrogens is 2. The van der Waals surface area contributed by atoms with E-state index in [-0.39, 0.29) is 11.5 Å². The molecule has 1 unspecified atom stereocenters. The number of rotatable bonds is 8. The monoisotopic (exact) mass is 465 g/mol. The van der Waals surface area contributed by atoms with E-state index in [0.717, 1.165) is 29.7 Å². The molecule has 0 fully saturated rings. The number of nitrogens with zero attached hydrogens (tertiary/aromatic N) is 3. The second-order valence-electron chi connectivity index (χ2n) is 8.77. The zero-order valence-corrected chi connectivity index (χ0v) is 20.5. The van der Waals surface area contributed by atoms with Crippen molar-refractivity contribution in [2.24, 2.45) is 0 Å². The zero-order valence-electron chi connectivity index (χ0n) is 20.5. The number of hydrogen-bond acceptors (Lipinski definition) is 3. The number of carbonyl (C=O) groups is 1. The number of aryl methyl sites for hydroxylation is 1. The van der Waals surface area contributed by atoms with Crippen LogP contribution in [-0.2, 0) is 4.79 Å². The van der Waals surface area contributed by atoms with Crippen LogP contribution in [0.3, 0.4) is 0 Å². The second-order valence-corrected chi connectivity index (χ2v) is 8.77. The Morgan fingerprint density at radius 1 is 1.03 bits per heavy atom. The predicted octanol–water partition coefficient (Wildman–Crippen LogP) is 6.10. The van der Waals surface area contributed by atoms with Gasteiger partial charge in [0.15, 0.2) is 0 Å². The third-order valence-corrected chi connectivity index (χ3v) is 6.16. The Morgan fingerprint density at radius 3 is 2.51 bits per heavy atom. The maximum atomic E-state index is 13.7. The zero-order chi connectivity index (χ0) is 24.8. The number of fused-ring (bicyclic) bond motifs is 1. The molecule has 3 aromatic carbocycles. The van der Waals surface area contributed by atoms with Crippen LogP contribution in [0.25, 0.3) is 22.7 Å². The lowest BCUT2D eigenvalue weighted by Gasteiger charge is -2.30. The molecule has 1 heterocycles. The van der Waals surface area contributed by atoms with Gasteiger partial charge in [0.05, 0.1) is 22.6 Å². The van der Waals surface area contributed by atoms with E-state index in [1.165, 1.54) is 0 Å². The van der Waals surface area contributed by atoms with Crippen molar-refractivity contribution < 1.29 is 4.79 Å². The highest BCUT2D eigenvalue weighted by molar-refractivity contribution is 5.92. The molecule has 4 aromatic rings. The molecule has 5 heteroatoms. The minimum absolute atomic E-state index is 0.104. The molecule has 0 saturated carbocycles. The molecule has 0 spiro atoms. The van der Waals surface area contributed by atoms with Gasteiger partial charge in [0.2, 0.25) is 5.91 Å². The van der Waals surface area contributed by atoms with Crippen LogP contribution < -0.4 is 5.56 Å². The van der Waals surface area contributed by atoms with Crippen molar-refractivity contribution in [2.75, 3.05) is 6.54 Å². The van der Waals surface area contributed by atoms with Crippen LogP contribution in [0.1, 0.15) is 49.7 Å². The van der Waals surface area contributed by atoms with Crippen LogP contribution in [-0.4, -0.2) is 26.9 Å². The summed E-state index contributed by atoms with van der Waals surface area (Å²) < 4.78 is 1.66. The Labute approximate surface area is 206 Å². The number of unbranched alkanes of at least 4 members (excludes halogenated alkanes) is 1. The second kappa shape index (κ2) is 11.0. The minimum atomic E-state index is -0.410. The standard InChI is InChI=1S/C30H31N3O2/c1-4-5-20-32(28(34)19-18-24-13-7-6-8-14-24)23(3)29-31-27-17-10-9-16-26(27)30(35)33(29)25-15-11-12-22(2)21-25/h6-19,21,23H,4-5,20H2,1-3H3/b19-18+. The molecular weight excluding hydrogens is 434 g/mol. The summed E-state index contributed by atoms with van der Waals surface area (Å²) in [4.78, 5) is 33.8. The van der Waals surface area contributed by atoms with E-state index in [0.29, 0.717) is 23.3 Å². The smallest absolute Gasteiger partial charge is 0.266 e. The van der Waals surface area contributed by atoms with Crippen molar-refractivity contribution in [3.8, 4) is 5.69 Å². The Hall–Kier alpha value is -3.99. The molecule has 0 N–H and O–H groups in total. The van der Waals surface area contributed by atoms with Crippen LogP contribution in [0, 0.1) is 6.92 Å². The summed E-state index contributed by atoms with van der Waals surface area (Å²) in [7, 11) is 0. The first-order valence-electron chi connectivity index (χ1n) is 12.1.